The summed E-state index contributed by atoms with van der Waals surface area (Å²) in [6.45, 7) is 5.36. The maximum absolute atomic E-state index is 13.3. The minimum atomic E-state index is -0.151. The second kappa shape index (κ2) is 6.50. The first-order valence-corrected chi connectivity index (χ1v) is 9.01. The molecule has 2 unspecified atom stereocenters. The highest BCUT2D eigenvalue weighted by atomic mass is 16.5. The van der Waals surface area contributed by atoms with E-state index in [-0.39, 0.29) is 23.8 Å². The molecule has 2 aliphatic rings. The smallest absolute Gasteiger partial charge is 0.231 e. The van der Waals surface area contributed by atoms with Crippen molar-refractivity contribution in [2.45, 2.75) is 51.0 Å². The molecule has 0 saturated carbocycles. The van der Waals surface area contributed by atoms with E-state index < -0.39 is 0 Å². The van der Waals surface area contributed by atoms with Crippen LogP contribution in [0.15, 0.2) is 28.8 Å². The number of nitrogens with zero attached hydrogens (tertiary/aromatic N) is 3. The molecule has 0 aliphatic carbocycles. The first-order valence-electron chi connectivity index (χ1n) is 9.01. The Bertz CT molecular complexity index is 771. The molecule has 0 spiro atoms. The van der Waals surface area contributed by atoms with Crippen LogP contribution in [0.25, 0.3) is 0 Å². The van der Waals surface area contributed by atoms with Crippen molar-refractivity contribution >= 4 is 5.91 Å². The Kier molecular flexibility index (Phi) is 4.19. The van der Waals surface area contributed by atoms with Gasteiger partial charge in [-0.15, -0.1) is 0 Å². The predicted octanol–water partition coefficient (Wildman–Crippen LogP) is 3.42. The van der Waals surface area contributed by atoms with Crippen LogP contribution in [0.1, 0.15) is 68.3 Å². The summed E-state index contributed by atoms with van der Waals surface area (Å²) in [6, 6.07) is 7.75. The minimum Gasteiger partial charge on any atom is -0.493 e. The third kappa shape index (κ3) is 2.90. The van der Waals surface area contributed by atoms with Crippen LogP contribution < -0.4 is 4.74 Å². The standard InChI is InChI=1S/C19H23N3O3/c1-12(2)18-20-17(21-25-18)15-7-5-10-22(15)19(23)14-9-11-24-16-8-4-3-6-13(14)16/h3-4,6,8,12,14-15H,5,7,9-11H2,1-2H3. The molecule has 6 nitrogen and oxygen atoms in total. The van der Waals surface area contributed by atoms with Crippen molar-refractivity contribution in [1.29, 1.82) is 0 Å². The molecule has 3 heterocycles. The lowest BCUT2D eigenvalue weighted by Gasteiger charge is -2.30. The lowest BCUT2D eigenvalue weighted by molar-refractivity contribution is -0.134. The van der Waals surface area contributed by atoms with Gasteiger partial charge in [-0.25, -0.2) is 0 Å². The predicted molar refractivity (Wildman–Crippen MR) is 91.4 cm³/mol. The molecule has 132 valence electrons. The Morgan fingerprint density at radius 1 is 1.28 bits per heavy atom. The van der Waals surface area contributed by atoms with E-state index >= 15 is 0 Å². The van der Waals surface area contributed by atoms with Gasteiger partial charge in [0.05, 0.1) is 18.6 Å². The molecule has 4 rings (SSSR count). The maximum atomic E-state index is 13.3. The number of para-hydroxylation sites is 1. The monoisotopic (exact) mass is 341 g/mol. The van der Waals surface area contributed by atoms with Crippen molar-refractivity contribution in [2.24, 2.45) is 0 Å². The molecular formula is C19H23N3O3. The first-order chi connectivity index (χ1) is 12.1. The topological polar surface area (TPSA) is 68.5 Å². The number of carbonyl (C=O) groups excluding carboxylic acids is 1. The van der Waals surface area contributed by atoms with Gasteiger partial charge in [0.2, 0.25) is 11.8 Å². The van der Waals surface area contributed by atoms with Gasteiger partial charge in [0.15, 0.2) is 5.82 Å². The van der Waals surface area contributed by atoms with Crippen molar-refractivity contribution in [1.82, 2.24) is 15.0 Å². The van der Waals surface area contributed by atoms with Crippen LogP contribution in [-0.2, 0) is 4.79 Å². The third-order valence-corrected chi connectivity index (χ3v) is 5.04. The van der Waals surface area contributed by atoms with Gasteiger partial charge in [0.25, 0.3) is 0 Å². The molecular weight excluding hydrogens is 318 g/mol. The van der Waals surface area contributed by atoms with Gasteiger partial charge < -0.3 is 14.2 Å². The summed E-state index contributed by atoms with van der Waals surface area (Å²) in [5.74, 6) is 2.27. The molecule has 0 radical (unpaired) electrons. The van der Waals surface area contributed by atoms with E-state index in [1.54, 1.807) is 0 Å². The summed E-state index contributed by atoms with van der Waals surface area (Å²) in [5.41, 5.74) is 0.986. The summed E-state index contributed by atoms with van der Waals surface area (Å²) in [4.78, 5) is 19.7. The zero-order chi connectivity index (χ0) is 17.4. The van der Waals surface area contributed by atoms with Gasteiger partial charge in [-0.1, -0.05) is 37.2 Å². The van der Waals surface area contributed by atoms with Crippen molar-refractivity contribution in [3.8, 4) is 5.75 Å². The van der Waals surface area contributed by atoms with E-state index in [1.165, 1.54) is 0 Å². The highest BCUT2D eigenvalue weighted by Gasteiger charge is 2.38. The van der Waals surface area contributed by atoms with Crippen molar-refractivity contribution < 1.29 is 14.1 Å². The number of hydrogen-bond donors (Lipinski definition) is 0. The Morgan fingerprint density at radius 3 is 2.92 bits per heavy atom. The molecule has 2 aromatic rings. The summed E-state index contributed by atoms with van der Waals surface area (Å²) < 4.78 is 11.0. The van der Waals surface area contributed by atoms with Gasteiger partial charge in [-0.3, -0.25) is 4.79 Å². The van der Waals surface area contributed by atoms with E-state index in [2.05, 4.69) is 10.1 Å². The molecule has 0 bridgehead atoms. The van der Waals surface area contributed by atoms with Crippen LogP contribution in [-0.4, -0.2) is 34.1 Å². The molecule has 0 N–H and O–H groups in total. The highest BCUT2D eigenvalue weighted by Crippen LogP contribution is 2.39. The number of rotatable bonds is 3. The van der Waals surface area contributed by atoms with E-state index in [0.29, 0.717) is 24.7 Å². The van der Waals surface area contributed by atoms with Crippen molar-refractivity contribution in [2.75, 3.05) is 13.2 Å². The summed E-state index contributed by atoms with van der Waals surface area (Å²) in [6.07, 6.45) is 2.56. The molecule has 2 aliphatic heterocycles. The molecule has 1 saturated heterocycles. The van der Waals surface area contributed by atoms with Crippen molar-refractivity contribution in [3.63, 3.8) is 0 Å². The lowest BCUT2D eigenvalue weighted by Crippen LogP contribution is -2.37. The fourth-order valence-electron chi connectivity index (χ4n) is 3.71. The Balaban J connectivity index is 1.59. The number of carbonyl (C=O) groups is 1. The van der Waals surface area contributed by atoms with Gasteiger partial charge in [-0.2, -0.15) is 4.98 Å². The molecule has 1 aromatic heterocycles. The Labute approximate surface area is 147 Å². The molecule has 1 amide bonds. The fourth-order valence-corrected chi connectivity index (χ4v) is 3.71. The SMILES string of the molecule is CC(C)c1nc(C2CCCN2C(=O)C2CCOc3ccccc32)no1. The molecule has 1 fully saturated rings. The minimum absolute atomic E-state index is 0.0845. The lowest BCUT2D eigenvalue weighted by atomic mass is 9.91. The Hall–Kier alpha value is -2.37. The number of amides is 1. The van der Waals surface area contributed by atoms with Crippen LogP contribution in [0.3, 0.4) is 0 Å². The zero-order valence-electron chi connectivity index (χ0n) is 14.6. The van der Waals surface area contributed by atoms with Crippen molar-refractivity contribution in [3.05, 3.63) is 41.5 Å². The first kappa shape index (κ1) is 16.1. The van der Waals surface area contributed by atoms with E-state index in [0.717, 1.165) is 30.7 Å². The summed E-state index contributed by atoms with van der Waals surface area (Å²) >= 11 is 0. The van der Waals surface area contributed by atoms with Gasteiger partial charge >= 0.3 is 0 Å². The molecule has 2 atom stereocenters. The molecule has 1 aromatic carbocycles. The van der Waals surface area contributed by atoms with Crippen LogP contribution in [0, 0.1) is 0 Å². The van der Waals surface area contributed by atoms with Crippen LogP contribution in [0.2, 0.25) is 0 Å². The third-order valence-electron chi connectivity index (χ3n) is 5.04. The number of ether oxygens (including phenoxy) is 1. The van der Waals surface area contributed by atoms with Gasteiger partial charge in [-0.05, 0) is 25.3 Å². The van der Waals surface area contributed by atoms with Gasteiger partial charge in [0.1, 0.15) is 5.75 Å². The van der Waals surface area contributed by atoms with Gasteiger partial charge in [0, 0.05) is 18.0 Å². The number of likely N-dealkylation sites (tertiary alicyclic amines) is 1. The van der Waals surface area contributed by atoms with E-state index in [4.69, 9.17) is 9.26 Å². The molecule has 6 heteroatoms. The number of hydrogen-bond acceptors (Lipinski definition) is 5. The average Bonchev–Trinajstić information content (AvgIpc) is 3.29. The number of fused-ring (bicyclic) bond motifs is 1. The van der Waals surface area contributed by atoms with Crippen LogP contribution >= 0.6 is 0 Å². The van der Waals surface area contributed by atoms with Crippen LogP contribution in [0.5, 0.6) is 5.75 Å². The summed E-state index contributed by atoms with van der Waals surface area (Å²) in [7, 11) is 0. The van der Waals surface area contributed by atoms with E-state index in [9.17, 15) is 4.79 Å². The fraction of sp³-hybridized carbons (Fsp3) is 0.526. The normalized spacial score (nSPS) is 22.8. The van der Waals surface area contributed by atoms with E-state index in [1.807, 2.05) is 43.0 Å². The second-order valence-corrected chi connectivity index (χ2v) is 7.06. The van der Waals surface area contributed by atoms with Crippen LogP contribution in [0.4, 0.5) is 0 Å². The Morgan fingerprint density at radius 2 is 2.12 bits per heavy atom. The highest BCUT2D eigenvalue weighted by molar-refractivity contribution is 5.85. The second-order valence-electron chi connectivity index (χ2n) is 7.06. The number of benzene rings is 1. The zero-order valence-corrected chi connectivity index (χ0v) is 14.6. The quantitative estimate of drug-likeness (QED) is 0.855. The average molecular weight is 341 g/mol. The molecule has 25 heavy (non-hydrogen) atoms. The maximum Gasteiger partial charge on any atom is 0.231 e. The summed E-state index contributed by atoms with van der Waals surface area (Å²) in [5, 5.41) is 4.14. The number of aromatic nitrogens is 2. The largest absolute Gasteiger partial charge is 0.493 e.